The number of hydrogen-bond acceptors (Lipinski definition) is 0. The van der Waals surface area contributed by atoms with Gasteiger partial charge < -0.3 is 9.13 Å². The Balaban J connectivity index is 0.000000159. The lowest BCUT2D eigenvalue weighted by atomic mass is 10.0. The molecular formula is C47H32N2. The van der Waals surface area contributed by atoms with Crippen molar-refractivity contribution in [3.05, 3.63) is 176 Å². The Morgan fingerprint density at radius 1 is 0.347 bits per heavy atom. The van der Waals surface area contributed by atoms with Gasteiger partial charge in [-0.15, -0.1) is 0 Å². The van der Waals surface area contributed by atoms with Crippen molar-refractivity contribution in [3.8, 4) is 39.1 Å². The number of hydrogen-bond donors (Lipinski definition) is 0. The lowest BCUT2D eigenvalue weighted by Crippen LogP contribution is -1.92. The third kappa shape index (κ3) is 4.21. The minimum absolute atomic E-state index is 1.19. The van der Waals surface area contributed by atoms with Crippen LogP contribution in [0.2, 0.25) is 0 Å². The van der Waals surface area contributed by atoms with E-state index in [0.717, 1.165) is 0 Å². The highest BCUT2D eigenvalue weighted by molar-refractivity contribution is 6.15. The first-order valence-corrected chi connectivity index (χ1v) is 16.9. The molecule has 0 bridgehead atoms. The molecule has 0 fully saturated rings. The van der Waals surface area contributed by atoms with Crippen molar-refractivity contribution >= 4 is 54.4 Å². The molecule has 1 aliphatic rings. The third-order valence-corrected chi connectivity index (χ3v) is 10.3. The largest absolute Gasteiger partial charge is 0.344 e. The predicted molar refractivity (Wildman–Crippen MR) is 209 cm³/mol. The van der Waals surface area contributed by atoms with Crippen LogP contribution in [0.15, 0.2) is 176 Å². The minimum atomic E-state index is 1.19. The van der Waals surface area contributed by atoms with Gasteiger partial charge in [-0.1, -0.05) is 127 Å². The van der Waals surface area contributed by atoms with Gasteiger partial charge in [0.05, 0.1) is 11.0 Å². The molecule has 2 heterocycles. The highest BCUT2D eigenvalue weighted by Gasteiger charge is 2.19. The quantitative estimate of drug-likeness (QED) is 0.181. The van der Waals surface area contributed by atoms with Gasteiger partial charge in [0, 0.05) is 45.3 Å². The third-order valence-electron chi connectivity index (χ3n) is 10.3. The number of aromatic nitrogens is 2. The Kier molecular flexibility index (Phi) is 6.13. The molecule has 49 heavy (non-hydrogen) atoms. The molecule has 0 spiro atoms. The summed E-state index contributed by atoms with van der Waals surface area (Å²) in [6.07, 6.45) is 0. The van der Waals surface area contributed by atoms with Crippen LogP contribution in [0.5, 0.6) is 0 Å². The summed E-state index contributed by atoms with van der Waals surface area (Å²) in [5.74, 6) is 0. The second-order valence-corrected chi connectivity index (χ2v) is 13.0. The van der Waals surface area contributed by atoms with Gasteiger partial charge in [-0.2, -0.15) is 0 Å². The molecule has 230 valence electrons. The molecule has 2 heteroatoms. The van der Waals surface area contributed by atoms with Gasteiger partial charge in [0.15, 0.2) is 0 Å². The molecule has 0 unspecified atom stereocenters. The number of aryl methyl sites for hydroxylation is 1. The van der Waals surface area contributed by atoms with Crippen LogP contribution >= 0.6 is 0 Å². The average molecular weight is 625 g/mol. The van der Waals surface area contributed by atoms with Crippen LogP contribution in [0.1, 0.15) is 0 Å². The van der Waals surface area contributed by atoms with Crippen LogP contribution in [-0.4, -0.2) is 9.13 Å². The Morgan fingerprint density at radius 3 is 1.49 bits per heavy atom. The number of benzene rings is 8. The first-order valence-electron chi connectivity index (χ1n) is 16.9. The van der Waals surface area contributed by atoms with Gasteiger partial charge in [-0.05, 0) is 92.7 Å². The molecule has 8 aromatic carbocycles. The van der Waals surface area contributed by atoms with Crippen LogP contribution in [0.4, 0.5) is 0 Å². The van der Waals surface area contributed by atoms with E-state index < -0.39 is 0 Å². The van der Waals surface area contributed by atoms with Gasteiger partial charge in [-0.3, -0.25) is 0 Å². The van der Waals surface area contributed by atoms with Crippen molar-refractivity contribution in [2.45, 2.75) is 0 Å². The predicted octanol–water partition coefficient (Wildman–Crippen LogP) is 12.6. The van der Waals surface area contributed by atoms with E-state index in [1.807, 2.05) is 0 Å². The zero-order chi connectivity index (χ0) is 32.5. The smallest absolute Gasteiger partial charge is 0.0541 e. The maximum atomic E-state index is 2.36. The topological polar surface area (TPSA) is 9.86 Å². The molecule has 10 aromatic rings. The van der Waals surface area contributed by atoms with Gasteiger partial charge in [0.2, 0.25) is 0 Å². The van der Waals surface area contributed by atoms with Crippen molar-refractivity contribution in [3.63, 3.8) is 0 Å². The average Bonchev–Trinajstić information content (AvgIpc) is 3.79. The molecule has 1 aliphatic carbocycles. The maximum absolute atomic E-state index is 2.36. The monoisotopic (exact) mass is 624 g/mol. The van der Waals surface area contributed by atoms with Crippen LogP contribution in [0, 0.1) is 0 Å². The molecular weight excluding hydrogens is 593 g/mol. The summed E-state index contributed by atoms with van der Waals surface area (Å²) in [7, 11) is 2.15. The van der Waals surface area contributed by atoms with Crippen molar-refractivity contribution in [1.29, 1.82) is 0 Å². The summed E-state index contributed by atoms with van der Waals surface area (Å²) < 4.78 is 4.65. The van der Waals surface area contributed by atoms with E-state index >= 15 is 0 Å². The summed E-state index contributed by atoms with van der Waals surface area (Å²) in [6, 6.07) is 63.4. The van der Waals surface area contributed by atoms with E-state index in [0.29, 0.717) is 0 Å². The summed E-state index contributed by atoms with van der Waals surface area (Å²) in [4.78, 5) is 0. The molecule has 0 radical (unpaired) electrons. The molecule has 2 aromatic heterocycles. The van der Waals surface area contributed by atoms with E-state index in [1.165, 1.54) is 93.5 Å². The fourth-order valence-electron chi connectivity index (χ4n) is 8.10. The second kappa shape index (κ2) is 10.8. The van der Waals surface area contributed by atoms with Crippen molar-refractivity contribution in [2.24, 2.45) is 7.05 Å². The first kappa shape index (κ1) is 27.7. The first-order chi connectivity index (χ1) is 24.2. The van der Waals surface area contributed by atoms with E-state index in [9.17, 15) is 0 Å². The summed E-state index contributed by atoms with van der Waals surface area (Å²) >= 11 is 0. The van der Waals surface area contributed by atoms with E-state index in [4.69, 9.17) is 0 Å². The summed E-state index contributed by atoms with van der Waals surface area (Å²) in [5, 5.41) is 7.92. The SMILES string of the molecule is Cn1c2ccccc2c2cc(-c3ccc4c(c3)c3ccccc3n4-c3ccccc3)ccc21.c1ccc2c(c1)-c1cccc3cccc-2c13. The van der Waals surface area contributed by atoms with Gasteiger partial charge in [0.1, 0.15) is 0 Å². The maximum Gasteiger partial charge on any atom is 0.0541 e. The molecule has 11 rings (SSSR count). The van der Waals surface area contributed by atoms with E-state index in [2.05, 4.69) is 192 Å². The van der Waals surface area contributed by atoms with Gasteiger partial charge in [0.25, 0.3) is 0 Å². The van der Waals surface area contributed by atoms with Gasteiger partial charge >= 0.3 is 0 Å². The van der Waals surface area contributed by atoms with Crippen molar-refractivity contribution in [1.82, 2.24) is 9.13 Å². The Hall–Kier alpha value is -6.38. The Bertz CT molecular complexity index is 2830. The number of fused-ring (bicyclic) bond motifs is 9. The molecule has 0 amide bonds. The van der Waals surface area contributed by atoms with Crippen LogP contribution < -0.4 is 0 Å². The number of rotatable bonds is 2. The van der Waals surface area contributed by atoms with E-state index in [-0.39, 0.29) is 0 Å². The van der Waals surface area contributed by atoms with Crippen LogP contribution in [0.25, 0.3) is 93.5 Å². The molecule has 0 aliphatic heterocycles. The fourth-order valence-corrected chi connectivity index (χ4v) is 8.10. The molecule has 0 saturated carbocycles. The molecule has 2 nitrogen and oxygen atoms in total. The summed E-state index contributed by atoms with van der Waals surface area (Å²) in [6.45, 7) is 0. The molecule has 0 saturated heterocycles. The molecule has 0 N–H and O–H groups in total. The zero-order valence-corrected chi connectivity index (χ0v) is 27.1. The second-order valence-electron chi connectivity index (χ2n) is 13.0. The normalized spacial score (nSPS) is 11.8. The van der Waals surface area contributed by atoms with Crippen LogP contribution in [-0.2, 0) is 7.05 Å². The lowest BCUT2D eigenvalue weighted by molar-refractivity contribution is 1.01. The zero-order valence-electron chi connectivity index (χ0n) is 27.1. The standard InChI is InChI=1S/C31H22N2.C16H10/c1-32-28-13-7-5-11-24(28)26-19-21(15-17-29(26)32)22-16-18-31-27(20-22)25-12-6-8-14-30(25)33(31)23-9-3-2-4-10-23;1-2-8-13-12(7-1)14-9-3-5-11-6-4-10-15(13)16(11)14/h2-20H,1H3;1-10H. The van der Waals surface area contributed by atoms with Crippen molar-refractivity contribution in [2.75, 3.05) is 0 Å². The van der Waals surface area contributed by atoms with E-state index in [1.54, 1.807) is 0 Å². The lowest BCUT2D eigenvalue weighted by Gasteiger charge is -2.08. The Labute approximate surface area is 284 Å². The molecule has 0 atom stereocenters. The van der Waals surface area contributed by atoms with Crippen LogP contribution in [0.3, 0.4) is 0 Å². The highest BCUT2D eigenvalue weighted by Crippen LogP contribution is 2.46. The van der Waals surface area contributed by atoms with Crippen molar-refractivity contribution < 1.29 is 0 Å². The summed E-state index contributed by atoms with van der Waals surface area (Å²) in [5.41, 5.74) is 14.2. The van der Waals surface area contributed by atoms with Gasteiger partial charge in [-0.25, -0.2) is 0 Å². The highest BCUT2D eigenvalue weighted by atomic mass is 15.0. The minimum Gasteiger partial charge on any atom is -0.344 e. The number of para-hydroxylation sites is 3. The Morgan fingerprint density at radius 2 is 0.816 bits per heavy atom. The number of nitrogens with zero attached hydrogens (tertiary/aromatic N) is 2. The fraction of sp³-hybridized carbons (Fsp3) is 0.0213.